The molecule has 1 aromatic carbocycles. The Kier molecular flexibility index (Phi) is 4.54. The van der Waals surface area contributed by atoms with Gasteiger partial charge in [0.1, 0.15) is 18.3 Å². The van der Waals surface area contributed by atoms with Gasteiger partial charge in [-0.3, -0.25) is 5.10 Å². The number of nitrogens with one attached hydrogen (secondary N) is 2. The Morgan fingerprint density at radius 1 is 1.21 bits per heavy atom. The van der Waals surface area contributed by atoms with Gasteiger partial charge in [-0.25, -0.2) is 18.7 Å². The zero-order valence-electron chi connectivity index (χ0n) is 15.3. The van der Waals surface area contributed by atoms with Crippen LogP contribution in [0.25, 0.3) is 0 Å². The lowest BCUT2D eigenvalue weighted by Crippen LogP contribution is -2.26. The molecule has 5 rings (SSSR count). The van der Waals surface area contributed by atoms with E-state index in [-0.39, 0.29) is 24.0 Å². The van der Waals surface area contributed by atoms with Gasteiger partial charge in [0.2, 0.25) is 11.9 Å². The molecule has 2 unspecified atom stereocenters. The van der Waals surface area contributed by atoms with Crippen LogP contribution in [-0.4, -0.2) is 37.9 Å². The predicted octanol–water partition coefficient (Wildman–Crippen LogP) is 4.30. The van der Waals surface area contributed by atoms with Gasteiger partial charge in [-0.2, -0.15) is 10.1 Å². The molecule has 1 saturated carbocycles. The van der Waals surface area contributed by atoms with Crippen LogP contribution in [0.2, 0.25) is 5.02 Å². The summed E-state index contributed by atoms with van der Waals surface area (Å²) in [7, 11) is 0. The molecule has 2 atom stereocenters. The first-order chi connectivity index (χ1) is 14.1. The molecule has 0 spiro atoms. The first kappa shape index (κ1) is 18.2. The monoisotopic (exact) mass is 417 g/mol. The molecule has 1 aliphatic carbocycles. The Morgan fingerprint density at radius 2 is 2.07 bits per heavy atom. The number of aromatic nitrogens is 5. The highest BCUT2D eigenvalue weighted by Gasteiger charge is 2.36. The SMILES string of the molecule is Fc1ccc(C2CC(F)CN2c2ncnc(Nc3cc(C4CC4)[nH]n3)n2)c(Cl)c1. The Bertz CT molecular complexity index is 1040. The molecule has 7 nitrogen and oxygen atoms in total. The Hall–Kier alpha value is -2.81. The number of halogens is 3. The molecule has 29 heavy (non-hydrogen) atoms. The molecule has 2 fully saturated rings. The summed E-state index contributed by atoms with van der Waals surface area (Å²) in [4.78, 5) is 14.5. The molecular weight excluding hydrogens is 400 g/mol. The van der Waals surface area contributed by atoms with Gasteiger partial charge in [-0.1, -0.05) is 17.7 Å². The third-order valence-electron chi connectivity index (χ3n) is 5.24. The molecule has 1 aliphatic heterocycles. The Balaban J connectivity index is 1.40. The standard InChI is InChI=1S/C19H18ClF2N7/c20-14-5-11(21)3-4-13(14)16-6-12(22)8-29(16)19-24-9-23-18(26-19)25-17-7-15(27-28-17)10-1-2-10/h3-5,7,9-10,12,16H,1-2,6,8H2,(H2,23,24,25,26,27,28). The molecule has 2 aromatic heterocycles. The maximum atomic E-state index is 14.3. The highest BCUT2D eigenvalue weighted by Crippen LogP contribution is 2.40. The van der Waals surface area contributed by atoms with Crippen molar-refractivity contribution in [3.63, 3.8) is 0 Å². The molecule has 1 saturated heterocycles. The molecular formula is C19H18ClF2N7. The van der Waals surface area contributed by atoms with Gasteiger partial charge in [0.15, 0.2) is 5.82 Å². The molecule has 2 aliphatic rings. The summed E-state index contributed by atoms with van der Waals surface area (Å²) < 4.78 is 27.7. The molecule has 10 heteroatoms. The van der Waals surface area contributed by atoms with E-state index in [1.165, 1.54) is 31.3 Å². The molecule has 0 radical (unpaired) electrons. The van der Waals surface area contributed by atoms with E-state index in [2.05, 4.69) is 30.5 Å². The van der Waals surface area contributed by atoms with E-state index in [9.17, 15) is 8.78 Å². The molecule has 0 amide bonds. The van der Waals surface area contributed by atoms with E-state index in [0.717, 1.165) is 5.69 Å². The Morgan fingerprint density at radius 3 is 2.86 bits per heavy atom. The Labute approximate surface area is 170 Å². The number of anilines is 3. The number of H-pyrrole nitrogens is 1. The van der Waals surface area contributed by atoms with Crippen molar-refractivity contribution in [3.05, 3.63) is 52.7 Å². The van der Waals surface area contributed by atoms with Crippen molar-refractivity contribution in [2.24, 2.45) is 0 Å². The second-order valence-electron chi connectivity index (χ2n) is 7.38. The van der Waals surface area contributed by atoms with Gasteiger partial charge in [-0.15, -0.1) is 0 Å². The van der Waals surface area contributed by atoms with Crippen LogP contribution in [0, 0.1) is 5.82 Å². The van der Waals surface area contributed by atoms with Gasteiger partial charge in [0, 0.05) is 29.1 Å². The van der Waals surface area contributed by atoms with Crippen molar-refractivity contribution >= 4 is 29.3 Å². The van der Waals surface area contributed by atoms with Crippen molar-refractivity contribution in [2.45, 2.75) is 37.4 Å². The fourth-order valence-electron chi connectivity index (χ4n) is 3.68. The van der Waals surface area contributed by atoms with E-state index >= 15 is 0 Å². The van der Waals surface area contributed by atoms with Crippen LogP contribution in [0.4, 0.5) is 26.5 Å². The van der Waals surface area contributed by atoms with E-state index < -0.39 is 12.0 Å². The highest BCUT2D eigenvalue weighted by atomic mass is 35.5. The maximum absolute atomic E-state index is 14.3. The third-order valence-corrected chi connectivity index (χ3v) is 5.57. The zero-order chi connectivity index (χ0) is 20.0. The largest absolute Gasteiger partial charge is 0.331 e. The smallest absolute Gasteiger partial charge is 0.233 e. The van der Waals surface area contributed by atoms with Crippen molar-refractivity contribution in [1.82, 2.24) is 25.1 Å². The summed E-state index contributed by atoms with van der Waals surface area (Å²) in [5, 5.41) is 10.6. The number of hydrogen-bond acceptors (Lipinski definition) is 6. The fourth-order valence-corrected chi connectivity index (χ4v) is 3.97. The van der Waals surface area contributed by atoms with Crippen LogP contribution >= 0.6 is 11.6 Å². The van der Waals surface area contributed by atoms with Crippen molar-refractivity contribution in [3.8, 4) is 0 Å². The number of rotatable bonds is 5. The van der Waals surface area contributed by atoms with E-state index in [0.29, 0.717) is 29.2 Å². The predicted molar refractivity (Wildman–Crippen MR) is 105 cm³/mol. The minimum atomic E-state index is -1.07. The van der Waals surface area contributed by atoms with Gasteiger partial charge >= 0.3 is 0 Å². The lowest BCUT2D eigenvalue weighted by molar-refractivity contribution is 0.357. The normalized spacial score (nSPS) is 21.6. The molecule has 3 heterocycles. The van der Waals surface area contributed by atoms with Gasteiger partial charge in [0.25, 0.3) is 0 Å². The topological polar surface area (TPSA) is 82.6 Å². The van der Waals surface area contributed by atoms with Crippen LogP contribution in [-0.2, 0) is 0 Å². The maximum Gasteiger partial charge on any atom is 0.233 e. The minimum absolute atomic E-state index is 0.121. The van der Waals surface area contributed by atoms with E-state index in [1.54, 1.807) is 11.0 Å². The minimum Gasteiger partial charge on any atom is -0.331 e. The second-order valence-corrected chi connectivity index (χ2v) is 7.79. The first-order valence-corrected chi connectivity index (χ1v) is 9.81. The number of benzene rings is 1. The van der Waals surface area contributed by atoms with Crippen LogP contribution < -0.4 is 10.2 Å². The molecule has 0 bridgehead atoms. The van der Waals surface area contributed by atoms with Crippen molar-refractivity contribution in [1.29, 1.82) is 0 Å². The first-order valence-electron chi connectivity index (χ1n) is 9.44. The summed E-state index contributed by atoms with van der Waals surface area (Å²) in [6, 6.07) is 5.68. The lowest BCUT2D eigenvalue weighted by atomic mass is 10.0. The summed E-state index contributed by atoms with van der Waals surface area (Å²) in [5.41, 5.74) is 1.73. The summed E-state index contributed by atoms with van der Waals surface area (Å²) in [6.07, 6.45) is 2.87. The number of nitrogens with zero attached hydrogens (tertiary/aromatic N) is 5. The van der Waals surface area contributed by atoms with Gasteiger partial charge in [-0.05, 0) is 30.5 Å². The second kappa shape index (κ2) is 7.22. The molecule has 150 valence electrons. The summed E-state index contributed by atoms with van der Waals surface area (Å²) in [6.45, 7) is 0.121. The lowest BCUT2D eigenvalue weighted by Gasteiger charge is -2.25. The van der Waals surface area contributed by atoms with Crippen LogP contribution in [0.3, 0.4) is 0 Å². The van der Waals surface area contributed by atoms with Crippen LogP contribution in [0.5, 0.6) is 0 Å². The van der Waals surface area contributed by atoms with E-state index in [4.69, 9.17) is 11.6 Å². The fraction of sp³-hybridized carbons (Fsp3) is 0.368. The van der Waals surface area contributed by atoms with Crippen LogP contribution in [0.1, 0.15) is 42.5 Å². The molecule has 2 N–H and O–H groups in total. The van der Waals surface area contributed by atoms with Gasteiger partial charge < -0.3 is 10.2 Å². The van der Waals surface area contributed by atoms with E-state index in [1.807, 2.05) is 6.07 Å². The molecule has 3 aromatic rings. The number of hydrogen-bond donors (Lipinski definition) is 2. The third kappa shape index (κ3) is 3.74. The van der Waals surface area contributed by atoms with Crippen molar-refractivity contribution in [2.75, 3.05) is 16.8 Å². The number of alkyl halides is 1. The quantitative estimate of drug-likeness (QED) is 0.644. The zero-order valence-corrected chi connectivity index (χ0v) is 16.1. The summed E-state index contributed by atoms with van der Waals surface area (Å²) >= 11 is 6.22. The van der Waals surface area contributed by atoms with Crippen LogP contribution in [0.15, 0.2) is 30.6 Å². The highest BCUT2D eigenvalue weighted by molar-refractivity contribution is 6.31. The van der Waals surface area contributed by atoms with Gasteiger partial charge in [0.05, 0.1) is 12.6 Å². The average Bonchev–Trinajstić information content (AvgIpc) is 3.32. The van der Waals surface area contributed by atoms with Crippen molar-refractivity contribution < 1.29 is 8.78 Å². The number of aromatic amines is 1. The summed E-state index contributed by atoms with van der Waals surface area (Å²) in [5.74, 6) is 1.38. The average molecular weight is 418 g/mol.